The van der Waals surface area contributed by atoms with Gasteiger partial charge < -0.3 is 10.6 Å². The molecule has 1 heterocycles. The van der Waals surface area contributed by atoms with Gasteiger partial charge in [0, 0.05) is 24.3 Å². The summed E-state index contributed by atoms with van der Waals surface area (Å²) in [7, 11) is 0. The van der Waals surface area contributed by atoms with Gasteiger partial charge >= 0.3 is 0 Å². The molecule has 2 N–H and O–H groups in total. The van der Waals surface area contributed by atoms with E-state index in [2.05, 4.69) is 44.6 Å². The Morgan fingerprint density at radius 1 is 1.35 bits per heavy atom. The first kappa shape index (κ1) is 14.8. The van der Waals surface area contributed by atoms with Gasteiger partial charge in [0.05, 0.1) is 3.79 Å². The van der Waals surface area contributed by atoms with E-state index in [1.807, 2.05) is 24.3 Å². The number of thiophene rings is 1. The highest BCUT2D eigenvalue weighted by atomic mass is 79.9. The maximum atomic E-state index is 11.7. The molecule has 0 spiro atoms. The minimum atomic E-state index is -0.0850. The Balaban J connectivity index is 1.91. The first-order valence-corrected chi connectivity index (χ1v) is 7.82. The molecule has 0 saturated carbocycles. The summed E-state index contributed by atoms with van der Waals surface area (Å²) in [4.78, 5) is 11.7. The standard InChI is InChI=1S/C15H15BrN2OS/c1-2-7-17-15(19)12-3-5-13(6-4-12)18-9-11-8-14(16)20-10-11/h2-6,8,10,18H,1,7,9H2,(H,17,19). The second-order valence-electron chi connectivity index (χ2n) is 4.19. The van der Waals surface area contributed by atoms with Crippen LogP contribution in [0.5, 0.6) is 0 Å². The zero-order valence-corrected chi connectivity index (χ0v) is 13.3. The van der Waals surface area contributed by atoms with E-state index in [0.717, 1.165) is 16.0 Å². The fourth-order valence-corrected chi connectivity index (χ4v) is 2.86. The SMILES string of the molecule is C=CCNC(=O)c1ccc(NCc2csc(Br)c2)cc1. The maximum absolute atomic E-state index is 11.7. The molecule has 1 aromatic carbocycles. The fraction of sp³-hybridized carbons (Fsp3) is 0.133. The summed E-state index contributed by atoms with van der Waals surface area (Å²) in [5.74, 6) is -0.0850. The van der Waals surface area contributed by atoms with E-state index in [4.69, 9.17) is 0 Å². The lowest BCUT2D eigenvalue weighted by Gasteiger charge is -2.06. The quantitative estimate of drug-likeness (QED) is 0.772. The predicted octanol–water partition coefficient (Wildman–Crippen LogP) is 4.04. The van der Waals surface area contributed by atoms with Crippen LogP contribution in [0.25, 0.3) is 0 Å². The highest BCUT2D eigenvalue weighted by molar-refractivity contribution is 9.11. The van der Waals surface area contributed by atoms with Crippen LogP contribution in [-0.2, 0) is 6.54 Å². The molecule has 0 fully saturated rings. The van der Waals surface area contributed by atoms with Gasteiger partial charge in [-0.05, 0) is 57.2 Å². The molecule has 0 radical (unpaired) electrons. The molecule has 2 rings (SSSR count). The monoisotopic (exact) mass is 350 g/mol. The summed E-state index contributed by atoms with van der Waals surface area (Å²) in [5.41, 5.74) is 2.87. The van der Waals surface area contributed by atoms with Crippen molar-refractivity contribution >= 4 is 38.9 Å². The fourth-order valence-electron chi connectivity index (χ4n) is 1.65. The Kier molecular flexibility index (Phi) is 5.38. The second kappa shape index (κ2) is 7.26. The number of halogens is 1. The summed E-state index contributed by atoms with van der Waals surface area (Å²) in [5, 5.41) is 8.17. The highest BCUT2D eigenvalue weighted by Crippen LogP contribution is 2.21. The summed E-state index contributed by atoms with van der Waals surface area (Å²) >= 11 is 5.11. The van der Waals surface area contributed by atoms with Gasteiger partial charge in [-0.2, -0.15) is 0 Å². The number of hydrogen-bond acceptors (Lipinski definition) is 3. The molecule has 0 saturated heterocycles. The highest BCUT2D eigenvalue weighted by Gasteiger charge is 2.03. The lowest BCUT2D eigenvalue weighted by molar-refractivity contribution is 0.0958. The van der Waals surface area contributed by atoms with Crippen molar-refractivity contribution in [3.8, 4) is 0 Å². The van der Waals surface area contributed by atoms with Crippen LogP contribution in [0.4, 0.5) is 5.69 Å². The molecule has 0 aliphatic carbocycles. The summed E-state index contributed by atoms with van der Waals surface area (Å²) in [6, 6.07) is 9.53. The zero-order valence-electron chi connectivity index (χ0n) is 10.9. The van der Waals surface area contributed by atoms with Crippen molar-refractivity contribution < 1.29 is 4.79 Å². The average molecular weight is 351 g/mol. The van der Waals surface area contributed by atoms with Gasteiger partial charge in [0.15, 0.2) is 0 Å². The van der Waals surface area contributed by atoms with Crippen molar-refractivity contribution in [2.75, 3.05) is 11.9 Å². The largest absolute Gasteiger partial charge is 0.381 e. The molecule has 0 unspecified atom stereocenters. The van der Waals surface area contributed by atoms with Crippen LogP contribution in [0.1, 0.15) is 15.9 Å². The van der Waals surface area contributed by atoms with Crippen molar-refractivity contribution in [1.82, 2.24) is 5.32 Å². The third-order valence-corrected chi connectivity index (χ3v) is 4.23. The van der Waals surface area contributed by atoms with Crippen molar-refractivity contribution in [2.24, 2.45) is 0 Å². The summed E-state index contributed by atoms with van der Waals surface area (Å²) in [6.45, 7) is 4.81. The number of amides is 1. The van der Waals surface area contributed by atoms with Gasteiger partial charge in [-0.3, -0.25) is 4.79 Å². The second-order valence-corrected chi connectivity index (χ2v) is 6.48. The predicted molar refractivity (Wildman–Crippen MR) is 88.3 cm³/mol. The minimum absolute atomic E-state index is 0.0850. The van der Waals surface area contributed by atoms with E-state index in [-0.39, 0.29) is 5.91 Å². The molecular weight excluding hydrogens is 336 g/mol. The molecule has 1 amide bonds. The molecule has 104 valence electrons. The number of hydrogen-bond donors (Lipinski definition) is 2. The first-order chi connectivity index (χ1) is 9.69. The Morgan fingerprint density at radius 3 is 2.70 bits per heavy atom. The van der Waals surface area contributed by atoms with Gasteiger partial charge in [0.2, 0.25) is 0 Å². The average Bonchev–Trinajstić information content (AvgIpc) is 2.89. The molecular formula is C15H15BrN2OS. The first-order valence-electron chi connectivity index (χ1n) is 6.15. The van der Waals surface area contributed by atoms with Crippen molar-refractivity contribution in [3.63, 3.8) is 0 Å². The Labute approximate surface area is 130 Å². The topological polar surface area (TPSA) is 41.1 Å². The Bertz CT molecular complexity index is 592. The molecule has 20 heavy (non-hydrogen) atoms. The van der Waals surface area contributed by atoms with Gasteiger partial charge in [-0.15, -0.1) is 17.9 Å². The smallest absolute Gasteiger partial charge is 0.251 e. The zero-order chi connectivity index (χ0) is 14.4. The van der Waals surface area contributed by atoms with Crippen LogP contribution >= 0.6 is 27.3 Å². The van der Waals surface area contributed by atoms with Crippen molar-refractivity contribution in [2.45, 2.75) is 6.54 Å². The maximum Gasteiger partial charge on any atom is 0.251 e. The summed E-state index contributed by atoms with van der Waals surface area (Å²) in [6.07, 6.45) is 1.66. The summed E-state index contributed by atoms with van der Waals surface area (Å²) < 4.78 is 1.13. The lowest BCUT2D eigenvalue weighted by atomic mass is 10.2. The molecule has 2 aromatic rings. The van der Waals surface area contributed by atoms with E-state index >= 15 is 0 Å². The molecule has 0 aliphatic rings. The van der Waals surface area contributed by atoms with Crippen molar-refractivity contribution in [3.05, 3.63) is 63.3 Å². The third kappa shape index (κ3) is 4.21. The number of anilines is 1. The van der Waals surface area contributed by atoms with E-state index in [0.29, 0.717) is 12.1 Å². The van der Waals surface area contributed by atoms with E-state index in [9.17, 15) is 4.79 Å². The minimum Gasteiger partial charge on any atom is -0.381 e. The molecule has 0 atom stereocenters. The number of carbonyl (C=O) groups excluding carboxylic acids is 1. The molecule has 5 heteroatoms. The van der Waals surface area contributed by atoms with Crippen molar-refractivity contribution in [1.29, 1.82) is 0 Å². The Morgan fingerprint density at radius 2 is 2.10 bits per heavy atom. The third-order valence-electron chi connectivity index (χ3n) is 2.67. The Hall–Kier alpha value is -1.59. The molecule has 0 bridgehead atoms. The van der Waals surface area contributed by atoms with Crippen LogP contribution < -0.4 is 10.6 Å². The molecule has 3 nitrogen and oxygen atoms in total. The van der Waals surface area contributed by atoms with Crippen LogP contribution in [0, 0.1) is 0 Å². The van der Waals surface area contributed by atoms with Gasteiger partial charge in [0.25, 0.3) is 5.91 Å². The number of nitrogens with one attached hydrogen (secondary N) is 2. The van der Waals surface area contributed by atoms with Crippen LogP contribution in [-0.4, -0.2) is 12.5 Å². The number of rotatable bonds is 6. The van der Waals surface area contributed by atoms with Crippen LogP contribution in [0.3, 0.4) is 0 Å². The number of benzene rings is 1. The van der Waals surface area contributed by atoms with Crippen LogP contribution in [0.15, 0.2) is 52.2 Å². The number of carbonyl (C=O) groups is 1. The van der Waals surface area contributed by atoms with Gasteiger partial charge in [0.1, 0.15) is 0 Å². The van der Waals surface area contributed by atoms with Crippen LogP contribution in [0.2, 0.25) is 0 Å². The van der Waals surface area contributed by atoms with Gasteiger partial charge in [-0.25, -0.2) is 0 Å². The molecule has 0 aliphatic heterocycles. The van der Waals surface area contributed by atoms with Gasteiger partial charge in [-0.1, -0.05) is 6.08 Å². The normalized spacial score (nSPS) is 10.1. The van der Waals surface area contributed by atoms with E-state index in [1.165, 1.54) is 5.56 Å². The molecule has 1 aromatic heterocycles. The van der Waals surface area contributed by atoms with E-state index in [1.54, 1.807) is 17.4 Å². The van der Waals surface area contributed by atoms with E-state index < -0.39 is 0 Å². The lowest BCUT2D eigenvalue weighted by Crippen LogP contribution is -2.23.